The molecule has 3 saturated heterocycles. The molecule has 0 aliphatic carbocycles. The van der Waals surface area contributed by atoms with E-state index in [-0.39, 0.29) is 5.92 Å². The highest BCUT2D eigenvalue weighted by Crippen LogP contribution is 2.29. The van der Waals surface area contributed by atoms with Crippen molar-refractivity contribution in [3.8, 4) is 0 Å². The van der Waals surface area contributed by atoms with Crippen LogP contribution in [0.2, 0.25) is 0 Å². The summed E-state index contributed by atoms with van der Waals surface area (Å²) in [7, 11) is 0. The molecule has 5 heteroatoms. The van der Waals surface area contributed by atoms with Crippen molar-refractivity contribution in [2.75, 3.05) is 19.6 Å². The van der Waals surface area contributed by atoms with Crippen LogP contribution in [0.1, 0.15) is 31.9 Å². The Hall–Kier alpha value is -0.940. The molecular formula is C14H21N3OS. The molecule has 0 saturated carbocycles. The summed E-state index contributed by atoms with van der Waals surface area (Å²) in [5.41, 5.74) is 3.02. The Balaban J connectivity index is 1.72. The van der Waals surface area contributed by atoms with E-state index in [1.54, 1.807) is 11.3 Å². The molecule has 4 heterocycles. The third-order valence-corrected chi connectivity index (χ3v) is 4.84. The minimum atomic E-state index is 0.212. The highest BCUT2D eigenvalue weighted by atomic mass is 32.1. The van der Waals surface area contributed by atoms with E-state index in [1.807, 2.05) is 5.51 Å². The van der Waals surface area contributed by atoms with Crippen LogP contribution in [0.4, 0.5) is 0 Å². The maximum atomic E-state index is 12.4. The molecule has 19 heavy (non-hydrogen) atoms. The maximum Gasteiger partial charge on any atom is 0.227 e. The van der Waals surface area contributed by atoms with Gasteiger partial charge in [-0.3, -0.25) is 9.69 Å². The largest absolute Gasteiger partial charge is 0.338 e. The second-order valence-corrected chi connectivity index (χ2v) is 6.35. The average molecular weight is 279 g/mol. The van der Waals surface area contributed by atoms with E-state index >= 15 is 0 Å². The summed E-state index contributed by atoms with van der Waals surface area (Å²) in [4.78, 5) is 21.4. The van der Waals surface area contributed by atoms with Gasteiger partial charge in [0.05, 0.1) is 17.1 Å². The summed E-state index contributed by atoms with van der Waals surface area (Å²) in [5, 5.41) is 2.11. The van der Waals surface area contributed by atoms with Gasteiger partial charge in [0.25, 0.3) is 0 Å². The van der Waals surface area contributed by atoms with Crippen molar-refractivity contribution in [3.05, 3.63) is 16.6 Å². The minimum absolute atomic E-state index is 0.212. The zero-order valence-electron chi connectivity index (χ0n) is 11.4. The SMILES string of the molecule is CCCN1C(=O)[C@H]2CC[C@@H]1CN(Cc1cscn1)C2. The molecule has 0 N–H and O–H groups in total. The van der Waals surface area contributed by atoms with Crippen molar-refractivity contribution in [2.24, 2.45) is 5.92 Å². The first-order valence-electron chi connectivity index (χ1n) is 7.18. The summed E-state index contributed by atoms with van der Waals surface area (Å²) in [6.45, 7) is 5.89. The van der Waals surface area contributed by atoms with Crippen LogP contribution in [-0.4, -0.2) is 46.4 Å². The van der Waals surface area contributed by atoms with Crippen LogP contribution in [0.15, 0.2) is 10.9 Å². The quantitative estimate of drug-likeness (QED) is 0.845. The van der Waals surface area contributed by atoms with Crippen molar-refractivity contribution in [2.45, 2.75) is 38.8 Å². The summed E-state index contributed by atoms with van der Waals surface area (Å²) >= 11 is 1.64. The lowest BCUT2D eigenvalue weighted by atomic mass is 9.94. The van der Waals surface area contributed by atoms with Crippen molar-refractivity contribution in [1.82, 2.24) is 14.8 Å². The van der Waals surface area contributed by atoms with E-state index in [0.717, 1.165) is 44.7 Å². The molecule has 0 radical (unpaired) electrons. The van der Waals surface area contributed by atoms with Gasteiger partial charge in [-0.1, -0.05) is 6.92 Å². The van der Waals surface area contributed by atoms with Crippen LogP contribution >= 0.6 is 11.3 Å². The zero-order valence-corrected chi connectivity index (χ0v) is 12.2. The normalized spacial score (nSPS) is 27.8. The predicted molar refractivity (Wildman–Crippen MR) is 75.9 cm³/mol. The summed E-state index contributed by atoms with van der Waals surface area (Å²) in [6, 6.07) is 0.421. The van der Waals surface area contributed by atoms with Crippen molar-refractivity contribution in [3.63, 3.8) is 0 Å². The zero-order chi connectivity index (χ0) is 13.2. The second kappa shape index (κ2) is 5.59. The number of thiazole rings is 1. The van der Waals surface area contributed by atoms with Crippen molar-refractivity contribution >= 4 is 17.2 Å². The smallest absolute Gasteiger partial charge is 0.227 e. The highest BCUT2D eigenvalue weighted by molar-refractivity contribution is 7.07. The molecule has 2 atom stereocenters. The first-order valence-corrected chi connectivity index (χ1v) is 8.12. The number of carbonyl (C=O) groups excluding carboxylic acids is 1. The first kappa shape index (κ1) is 13.1. The van der Waals surface area contributed by atoms with Crippen LogP contribution in [0.5, 0.6) is 0 Å². The summed E-state index contributed by atoms with van der Waals surface area (Å²) in [6.07, 6.45) is 3.29. The molecule has 3 fully saturated rings. The van der Waals surface area contributed by atoms with Gasteiger partial charge in [-0.25, -0.2) is 4.98 Å². The molecule has 4 rings (SSSR count). The second-order valence-electron chi connectivity index (χ2n) is 5.63. The Labute approximate surface area is 118 Å². The van der Waals surface area contributed by atoms with Gasteiger partial charge >= 0.3 is 0 Å². The Bertz CT molecular complexity index is 434. The third-order valence-electron chi connectivity index (χ3n) is 4.20. The number of hydrogen-bond donors (Lipinski definition) is 0. The number of nitrogens with zero attached hydrogens (tertiary/aromatic N) is 3. The van der Waals surface area contributed by atoms with Gasteiger partial charge in [0.1, 0.15) is 0 Å². The van der Waals surface area contributed by atoms with Gasteiger partial charge in [-0.15, -0.1) is 11.3 Å². The van der Waals surface area contributed by atoms with Crippen LogP contribution in [0.3, 0.4) is 0 Å². The van der Waals surface area contributed by atoms with Crippen molar-refractivity contribution in [1.29, 1.82) is 0 Å². The van der Waals surface area contributed by atoms with E-state index in [9.17, 15) is 4.79 Å². The molecule has 0 spiro atoms. The fourth-order valence-corrected chi connectivity index (χ4v) is 3.89. The molecular weight excluding hydrogens is 258 g/mol. The first-order chi connectivity index (χ1) is 9.28. The molecule has 1 aromatic rings. The molecule has 1 amide bonds. The van der Waals surface area contributed by atoms with Gasteiger partial charge < -0.3 is 4.90 Å². The number of hydrogen-bond acceptors (Lipinski definition) is 4. The Kier molecular flexibility index (Phi) is 3.84. The van der Waals surface area contributed by atoms with E-state index in [4.69, 9.17) is 0 Å². The van der Waals surface area contributed by atoms with Crippen LogP contribution < -0.4 is 0 Å². The number of fused-ring (bicyclic) bond motifs is 4. The van der Waals surface area contributed by atoms with E-state index in [2.05, 4.69) is 27.1 Å². The van der Waals surface area contributed by atoms with Gasteiger partial charge in [0, 0.05) is 37.6 Å². The van der Waals surface area contributed by atoms with Gasteiger partial charge in [0.15, 0.2) is 0 Å². The summed E-state index contributed by atoms with van der Waals surface area (Å²) in [5.74, 6) is 0.600. The molecule has 0 unspecified atom stereocenters. The molecule has 3 aliphatic rings. The van der Waals surface area contributed by atoms with Crippen molar-refractivity contribution < 1.29 is 4.79 Å². The van der Waals surface area contributed by atoms with E-state index < -0.39 is 0 Å². The van der Waals surface area contributed by atoms with Crippen LogP contribution in [0.25, 0.3) is 0 Å². The topological polar surface area (TPSA) is 36.4 Å². The fourth-order valence-electron chi connectivity index (χ4n) is 3.34. The molecule has 2 bridgehead atoms. The maximum absolute atomic E-state index is 12.4. The fraction of sp³-hybridized carbons (Fsp3) is 0.714. The van der Waals surface area contributed by atoms with Crippen LogP contribution in [-0.2, 0) is 11.3 Å². The molecule has 0 aromatic carbocycles. The molecule has 4 nitrogen and oxygen atoms in total. The lowest BCUT2D eigenvalue weighted by molar-refractivity contribution is -0.139. The monoisotopic (exact) mass is 279 g/mol. The average Bonchev–Trinajstić information content (AvgIpc) is 2.77. The molecule has 104 valence electrons. The molecule has 1 aromatic heterocycles. The van der Waals surface area contributed by atoms with E-state index in [1.165, 1.54) is 6.42 Å². The third kappa shape index (κ3) is 2.67. The lowest BCUT2D eigenvalue weighted by Gasteiger charge is -2.35. The predicted octanol–water partition coefficient (Wildman–Crippen LogP) is 1.98. The van der Waals surface area contributed by atoms with Gasteiger partial charge in [-0.2, -0.15) is 0 Å². The van der Waals surface area contributed by atoms with Crippen LogP contribution in [0, 0.1) is 5.92 Å². The number of aromatic nitrogens is 1. The number of carbonyl (C=O) groups is 1. The van der Waals surface area contributed by atoms with Gasteiger partial charge in [0.2, 0.25) is 5.91 Å². The Morgan fingerprint density at radius 3 is 3.05 bits per heavy atom. The Morgan fingerprint density at radius 1 is 1.42 bits per heavy atom. The number of rotatable bonds is 4. The summed E-state index contributed by atoms with van der Waals surface area (Å²) < 4.78 is 0. The molecule has 3 aliphatic heterocycles. The Morgan fingerprint density at radius 2 is 2.32 bits per heavy atom. The van der Waals surface area contributed by atoms with E-state index in [0.29, 0.717) is 11.9 Å². The van der Waals surface area contributed by atoms with Gasteiger partial charge in [-0.05, 0) is 19.3 Å². The standard InChI is InChI=1S/C14H21N3OS/c1-2-5-17-13-4-3-11(14(17)18)6-16(8-13)7-12-9-19-10-15-12/h9-11,13H,2-8H2,1H3/t11-,13+/m0/s1. The minimum Gasteiger partial charge on any atom is -0.338 e. The number of amides is 1. The lowest BCUT2D eigenvalue weighted by Crippen LogP contribution is -2.48. The number of piperidine rings is 1. The highest BCUT2D eigenvalue weighted by Gasteiger charge is 2.40.